The Morgan fingerprint density at radius 1 is 1.32 bits per heavy atom. The first-order valence-corrected chi connectivity index (χ1v) is 8.18. The van der Waals surface area contributed by atoms with Crippen molar-refractivity contribution in [2.24, 2.45) is 0 Å². The van der Waals surface area contributed by atoms with Crippen LogP contribution < -0.4 is 5.73 Å². The number of anilines is 1. The first-order valence-electron chi connectivity index (χ1n) is 6.12. The van der Waals surface area contributed by atoms with Crippen LogP contribution in [0.15, 0.2) is 12.5 Å². The third-order valence-corrected chi connectivity index (χ3v) is 4.05. The number of pyridine rings is 1. The SMILES string of the molecule is Cc1cnc(N)c2ncn(CCCCS(C)(=O)=O)c12. The molecule has 0 atom stereocenters. The van der Waals surface area contributed by atoms with E-state index in [4.69, 9.17) is 5.73 Å². The zero-order valence-corrected chi connectivity index (χ0v) is 11.9. The van der Waals surface area contributed by atoms with Crippen molar-refractivity contribution < 1.29 is 8.42 Å². The summed E-state index contributed by atoms with van der Waals surface area (Å²) < 4.78 is 24.1. The van der Waals surface area contributed by atoms with Crippen LogP contribution >= 0.6 is 0 Å². The molecule has 2 N–H and O–H groups in total. The van der Waals surface area contributed by atoms with Crippen LogP contribution in [0.3, 0.4) is 0 Å². The van der Waals surface area contributed by atoms with Gasteiger partial charge in [-0.1, -0.05) is 0 Å². The van der Waals surface area contributed by atoms with E-state index in [-0.39, 0.29) is 5.75 Å². The van der Waals surface area contributed by atoms with Gasteiger partial charge in [-0.2, -0.15) is 0 Å². The third kappa shape index (κ3) is 3.23. The standard InChI is InChI=1S/C12H18N4O2S/c1-9-7-14-12(13)10-11(9)16(8-15-10)5-3-4-6-19(2,17)18/h7-8H,3-6H2,1-2H3,(H2,13,14). The largest absolute Gasteiger partial charge is 0.382 e. The van der Waals surface area contributed by atoms with Crippen LogP contribution in [0.5, 0.6) is 0 Å². The number of nitrogens with zero attached hydrogens (tertiary/aromatic N) is 3. The molecule has 0 spiro atoms. The van der Waals surface area contributed by atoms with E-state index >= 15 is 0 Å². The van der Waals surface area contributed by atoms with Crippen LogP contribution in [0.1, 0.15) is 18.4 Å². The molecule has 19 heavy (non-hydrogen) atoms. The molecule has 7 heteroatoms. The van der Waals surface area contributed by atoms with E-state index in [0.717, 1.165) is 24.0 Å². The van der Waals surface area contributed by atoms with Crippen molar-refractivity contribution in [1.82, 2.24) is 14.5 Å². The van der Waals surface area contributed by atoms with Crippen molar-refractivity contribution in [2.75, 3.05) is 17.7 Å². The minimum absolute atomic E-state index is 0.225. The lowest BCUT2D eigenvalue weighted by Gasteiger charge is -2.06. The molecule has 2 aromatic heterocycles. The lowest BCUT2D eigenvalue weighted by molar-refractivity contribution is 0.590. The molecule has 2 heterocycles. The number of sulfone groups is 1. The number of fused-ring (bicyclic) bond motifs is 1. The summed E-state index contributed by atoms with van der Waals surface area (Å²) in [4.78, 5) is 8.34. The van der Waals surface area contributed by atoms with E-state index < -0.39 is 9.84 Å². The maximum atomic E-state index is 11.1. The van der Waals surface area contributed by atoms with Crippen LogP contribution in [0.4, 0.5) is 5.82 Å². The molecule has 0 radical (unpaired) electrons. The molecule has 0 saturated carbocycles. The fraction of sp³-hybridized carbons (Fsp3) is 0.500. The van der Waals surface area contributed by atoms with E-state index in [1.165, 1.54) is 6.26 Å². The Bertz CT molecular complexity index is 691. The average Bonchev–Trinajstić information content (AvgIpc) is 2.73. The van der Waals surface area contributed by atoms with Crippen LogP contribution in [-0.2, 0) is 16.4 Å². The Kier molecular flexibility index (Phi) is 3.75. The Morgan fingerprint density at radius 3 is 2.74 bits per heavy atom. The molecule has 0 fully saturated rings. The van der Waals surface area contributed by atoms with Gasteiger partial charge in [0.05, 0.1) is 11.8 Å². The molecular weight excluding hydrogens is 264 g/mol. The lowest BCUT2D eigenvalue weighted by Crippen LogP contribution is -2.05. The summed E-state index contributed by atoms with van der Waals surface area (Å²) in [5, 5.41) is 0. The molecule has 0 amide bonds. The fourth-order valence-corrected chi connectivity index (χ4v) is 2.82. The maximum Gasteiger partial charge on any atom is 0.151 e. The molecular formula is C12H18N4O2S. The van der Waals surface area contributed by atoms with Gasteiger partial charge in [-0.15, -0.1) is 0 Å². The van der Waals surface area contributed by atoms with Crippen LogP contribution in [0, 0.1) is 6.92 Å². The quantitative estimate of drug-likeness (QED) is 0.831. The summed E-state index contributed by atoms with van der Waals surface area (Å²) in [7, 11) is -2.88. The predicted octanol–water partition coefficient (Wildman–Crippen LogP) is 1.15. The number of aryl methyl sites for hydroxylation is 2. The second-order valence-corrected chi connectivity index (χ2v) is 7.06. The number of hydrogen-bond donors (Lipinski definition) is 1. The number of nitrogens with two attached hydrogens (primary N) is 1. The van der Waals surface area contributed by atoms with Gasteiger partial charge in [0.25, 0.3) is 0 Å². The van der Waals surface area contributed by atoms with Crippen molar-refractivity contribution in [1.29, 1.82) is 0 Å². The summed E-state index contributed by atoms with van der Waals surface area (Å²) in [6.07, 6.45) is 6.16. The molecule has 0 aliphatic carbocycles. The maximum absolute atomic E-state index is 11.1. The topological polar surface area (TPSA) is 90.9 Å². The highest BCUT2D eigenvalue weighted by Gasteiger charge is 2.09. The first-order chi connectivity index (χ1) is 8.88. The molecule has 0 unspecified atom stereocenters. The molecule has 2 aromatic rings. The highest BCUT2D eigenvalue weighted by atomic mass is 32.2. The van der Waals surface area contributed by atoms with E-state index in [9.17, 15) is 8.42 Å². The van der Waals surface area contributed by atoms with Crippen LogP contribution in [0.25, 0.3) is 11.0 Å². The number of aromatic nitrogens is 3. The van der Waals surface area contributed by atoms with Gasteiger partial charge < -0.3 is 10.3 Å². The highest BCUT2D eigenvalue weighted by Crippen LogP contribution is 2.21. The Labute approximate surface area is 112 Å². The van der Waals surface area contributed by atoms with E-state index in [1.54, 1.807) is 12.5 Å². The summed E-state index contributed by atoms with van der Waals surface area (Å²) in [6, 6.07) is 0. The van der Waals surface area contributed by atoms with Crippen molar-refractivity contribution in [3.8, 4) is 0 Å². The number of imidazole rings is 1. The number of rotatable bonds is 5. The van der Waals surface area contributed by atoms with E-state index in [1.807, 2.05) is 11.5 Å². The van der Waals surface area contributed by atoms with Crippen molar-refractivity contribution in [2.45, 2.75) is 26.3 Å². The summed E-state index contributed by atoms with van der Waals surface area (Å²) in [5.41, 5.74) is 8.49. The van der Waals surface area contributed by atoms with Gasteiger partial charge in [0, 0.05) is 24.8 Å². The summed E-state index contributed by atoms with van der Waals surface area (Å²) in [5.74, 6) is 0.651. The molecule has 0 aromatic carbocycles. The molecule has 0 aliphatic rings. The zero-order chi connectivity index (χ0) is 14.0. The van der Waals surface area contributed by atoms with Gasteiger partial charge in [-0.25, -0.2) is 18.4 Å². The third-order valence-electron chi connectivity index (χ3n) is 3.02. The summed E-state index contributed by atoms with van der Waals surface area (Å²) >= 11 is 0. The number of nitrogen functional groups attached to an aromatic ring is 1. The average molecular weight is 282 g/mol. The second-order valence-electron chi connectivity index (χ2n) is 4.80. The van der Waals surface area contributed by atoms with Gasteiger partial charge >= 0.3 is 0 Å². The second kappa shape index (κ2) is 5.16. The van der Waals surface area contributed by atoms with Crippen LogP contribution in [0.2, 0.25) is 0 Å². The van der Waals surface area contributed by atoms with Crippen molar-refractivity contribution >= 4 is 26.7 Å². The lowest BCUT2D eigenvalue weighted by atomic mass is 10.2. The molecule has 0 aliphatic heterocycles. The minimum Gasteiger partial charge on any atom is -0.382 e. The van der Waals surface area contributed by atoms with Gasteiger partial charge in [0.15, 0.2) is 5.82 Å². The van der Waals surface area contributed by atoms with E-state index in [2.05, 4.69) is 9.97 Å². The van der Waals surface area contributed by atoms with Gasteiger partial charge in [0.2, 0.25) is 0 Å². The van der Waals surface area contributed by atoms with Crippen molar-refractivity contribution in [3.63, 3.8) is 0 Å². The van der Waals surface area contributed by atoms with E-state index in [0.29, 0.717) is 17.8 Å². The highest BCUT2D eigenvalue weighted by molar-refractivity contribution is 7.90. The van der Waals surface area contributed by atoms with Gasteiger partial charge in [0.1, 0.15) is 15.4 Å². The first kappa shape index (κ1) is 13.8. The Hall–Kier alpha value is -1.63. The zero-order valence-electron chi connectivity index (χ0n) is 11.1. The molecule has 6 nitrogen and oxygen atoms in total. The Morgan fingerprint density at radius 2 is 2.05 bits per heavy atom. The molecule has 104 valence electrons. The minimum atomic E-state index is -2.88. The van der Waals surface area contributed by atoms with Gasteiger partial charge in [-0.05, 0) is 25.3 Å². The molecule has 0 bridgehead atoms. The summed E-state index contributed by atoms with van der Waals surface area (Å²) in [6.45, 7) is 2.69. The monoisotopic (exact) mass is 282 g/mol. The predicted molar refractivity (Wildman–Crippen MR) is 75.6 cm³/mol. The number of unbranched alkanes of at least 4 members (excludes halogenated alkanes) is 1. The fourth-order valence-electron chi connectivity index (χ4n) is 2.09. The smallest absolute Gasteiger partial charge is 0.151 e. The van der Waals surface area contributed by atoms with Crippen molar-refractivity contribution in [3.05, 3.63) is 18.1 Å². The molecule has 2 rings (SSSR count). The van der Waals surface area contributed by atoms with Crippen LogP contribution in [-0.4, -0.2) is 35.0 Å². The number of hydrogen-bond acceptors (Lipinski definition) is 5. The molecule has 0 saturated heterocycles. The van der Waals surface area contributed by atoms with Gasteiger partial charge in [-0.3, -0.25) is 0 Å². The normalized spacial score (nSPS) is 12.1. The Balaban J connectivity index is 2.12.